The summed E-state index contributed by atoms with van der Waals surface area (Å²) in [6.07, 6.45) is 7.20. The summed E-state index contributed by atoms with van der Waals surface area (Å²) in [6.45, 7) is 6.40. The Balaban J connectivity index is 0.000000194. The van der Waals surface area contributed by atoms with Crippen molar-refractivity contribution in [3.63, 3.8) is 0 Å². The highest BCUT2D eigenvalue weighted by molar-refractivity contribution is 5.69. The van der Waals surface area contributed by atoms with Crippen molar-refractivity contribution in [1.29, 1.82) is 0 Å². The minimum atomic E-state index is -0.458. The number of hydrogen-bond acceptors (Lipinski definition) is 4. The zero-order valence-corrected chi connectivity index (χ0v) is 19.1. The highest BCUT2D eigenvalue weighted by Crippen LogP contribution is 2.35. The van der Waals surface area contributed by atoms with Crippen LogP contribution >= 0.6 is 0 Å². The van der Waals surface area contributed by atoms with Crippen molar-refractivity contribution in [2.24, 2.45) is 0 Å². The molecule has 2 fully saturated rings. The van der Waals surface area contributed by atoms with Crippen molar-refractivity contribution in [1.82, 2.24) is 4.90 Å². The molecule has 1 saturated carbocycles. The van der Waals surface area contributed by atoms with Crippen LogP contribution in [0, 0.1) is 0 Å². The lowest BCUT2D eigenvalue weighted by Crippen LogP contribution is -2.36. The predicted octanol–water partition coefficient (Wildman–Crippen LogP) is 6.27. The summed E-state index contributed by atoms with van der Waals surface area (Å²) in [6, 6.07) is 16.2. The highest BCUT2D eigenvalue weighted by atomic mass is 16.6. The van der Waals surface area contributed by atoms with Crippen LogP contribution in [0.1, 0.15) is 82.4 Å². The maximum Gasteiger partial charge on any atom is 0.410 e. The second-order valence-corrected chi connectivity index (χ2v) is 9.65. The molecule has 1 atom stereocenters. The van der Waals surface area contributed by atoms with E-state index in [2.05, 4.69) is 18.2 Å². The fraction of sp³-hybridized carbons (Fsp3) is 0.500. The third kappa shape index (κ3) is 6.65. The number of likely N-dealkylation sites (tertiary alicyclic amines) is 1. The first kappa shape index (κ1) is 23.0. The Labute approximate surface area is 186 Å². The van der Waals surface area contributed by atoms with Gasteiger partial charge in [-0.1, -0.05) is 37.1 Å². The zero-order valence-electron chi connectivity index (χ0n) is 19.1. The third-order valence-corrected chi connectivity index (χ3v) is 5.91. The summed E-state index contributed by atoms with van der Waals surface area (Å²) in [7, 11) is 0. The van der Waals surface area contributed by atoms with Gasteiger partial charge in [0.25, 0.3) is 0 Å². The molecular weight excluding hydrogens is 386 g/mol. The van der Waals surface area contributed by atoms with Crippen LogP contribution in [0.5, 0.6) is 0 Å². The fourth-order valence-electron chi connectivity index (χ4n) is 4.49. The van der Waals surface area contributed by atoms with Crippen LogP contribution in [0.25, 0.3) is 0 Å². The minimum Gasteiger partial charge on any atom is -0.444 e. The van der Waals surface area contributed by atoms with Crippen LogP contribution in [0.2, 0.25) is 0 Å². The van der Waals surface area contributed by atoms with Crippen molar-refractivity contribution >= 4 is 17.5 Å². The SMILES string of the molecule is CC(C)(C)OC(=O)N1CCC[C@@H]1c1cccc(N)c1.Nc1cccc(C2CCCC2)c1. The van der Waals surface area contributed by atoms with Crippen LogP contribution < -0.4 is 11.5 Å². The van der Waals surface area contributed by atoms with Crippen LogP contribution in [-0.4, -0.2) is 23.1 Å². The Morgan fingerprint density at radius 2 is 1.48 bits per heavy atom. The summed E-state index contributed by atoms with van der Waals surface area (Å²) in [5, 5.41) is 0. The Kier molecular flexibility index (Phi) is 7.47. The highest BCUT2D eigenvalue weighted by Gasteiger charge is 2.33. The molecule has 2 aromatic rings. The molecule has 0 bridgehead atoms. The lowest BCUT2D eigenvalue weighted by molar-refractivity contribution is 0.0224. The van der Waals surface area contributed by atoms with Gasteiger partial charge in [0.05, 0.1) is 6.04 Å². The monoisotopic (exact) mass is 423 g/mol. The summed E-state index contributed by atoms with van der Waals surface area (Å²) in [4.78, 5) is 14.0. The first-order valence-corrected chi connectivity index (χ1v) is 11.4. The van der Waals surface area contributed by atoms with Crippen molar-refractivity contribution in [3.8, 4) is 0 Å². The van der Waals surface area contributed by atoms with Crippen molar-refractivity contribution < 1.29 is 9.53 Å². The van der Waals surface area contributed by atoms with Gasteiger partial charge in [-0.3, -0.25) is 0 Å². The van der Waals surface area contributed by atoms with E-state index in [9.17, 15) is 4.79 Å². The molecule has 1 heterocycles. The molecule has 4 rings (SSSR count). The smallest absolute Gasteiger partial charge is 0.410 e. The van der Waals surface area contributed by atoms with Gasteiger partial charge in [0.1, 0.15) is 5.60 Å². The van der Waals surface area contributed by atoms with E-state index in [0.29, 0.717) is 0 Å². The molecule has 1 aliphatic carbocycles. The van der Waals surface area contributed by atoms with E-state index in [1.54, 1.807) is 4.90 Å². The Hall–Kier alpha value is -2.69. The Morgan fingerprint density at radius 3 is 2.06 bits per heavy atom. The topological polar surface area (TPSA) is 81.6 Å². The first-order valence-electron chi connectivity index (χ1n) is 11.4. The number of benzene rings is 2. The predicted molar refractivity (Wildman–Crippen MR) is 128 cm³/mol. The number of nitrogens with two attached hydrogens (primary N) is 2. The molecule has 31 heavy (non-hydrogen) atoms. The summed E-state index contributed by atoms with van der Waals surface area (Å²) in [5.41, 5.74) is 15.2. The summed E-state index contributed by atoms with van der Waals surface area (Å²) >= 11 is 0. The van der Waals surface area contributed by atoms with Gasteiger partial charge in [0.15, 0.2) is 0 Å². The molecule has 1 saturated heterocycles. The van der Waals surface area contributed by atoms with Crippen LogP contribution in [-0.2, 0) is 4.74 Å². The van der Waals surface area contributed by atoms with Gasteiger partial charge < -0.3 is 21.1 Å². The molecular formula is C26H37N3O2. The number of hydrogen-bond donors (Lipinski definition) is 2. The summed E-state index contributed by atoms with van der Waals surface area (Å²) < 4.78 is 5.46. The van der Waals surface area contributed by atoms with E-state index in [-0.39, 0.29) is 12.1 Å². The third-order valence-electron chi connectivity index (χ3n) is 5.91. The van der Waals surface area contributed by atoms with Crippen LogP contribution in [0.4, 0.5) is 16.2 Å². The van der Waals surface area contributed by atoms with Gasteiger partial charge in [-0.15, -0.1) is 0 Å². The number of carbonyl (C=O) groups is 1. The number of carbonyl (C=O) groups excluding carboxylic acids is 1. The zero-order chi connectivity index (χ0) is 22.4. The van der Waals surface area contributed by atoms with Gasteiger partial charge >= 0.3 is 6.09 Å². The molecule has 0 radical (unpaired) electrons. The van der Waals surface area contributed by atoms with Crippen LogP contribution in [0.3, 0.4) is 0 Å². The van der Waals surface area contributed by atoms with Gasteiger partial charge in [-0.25, -0.2) is 4.79 Å². The lowest BCUT2D eigenvalue weighted by atomic mass is 9.97. The number of anilines is 2. The molecule has 168 valence electrons. The average Bonchev–Trinajstić information content (AvgIpc) is 3.39. The van der Waals surface area contributed by atoms with Crippen molar-refractivity contribution in [3.05, 3.63) is 59.7 Å². The molecule has 0 spiro atoms. The molecule has 2 aliphatic rings. The van der Waals surface area contributed by atoms with E-state index >= 15 is 0 Å². The molecule has 5 nitrogen and oxygen atoms in total. The number of amides is 1. The standard InChI is InChI=1S/C15H22N2O2.C11H15N/c1-15(2,3)19-14(18)17-9-5-8-13(17)11-6-4-7-12(16)10-11;12-11-7-3-6-10(8-11)9-4-1-2-5-9/h4,6-7,10,13H,5,8-9,16H2,1-3H3;3,6-9H,1-2,4-5,12H2/t13-;/m1./s1. The van der Waals surface area contributed by atoms with Crippen LogP contribution in [0.15, 0.2) is 48.5 Å². The van der Waals surface area contributed by atoms with Gasteiger partial charge in [-0.2, -0.15) is 0 Å². The quantitative estimate of drug-likeness (QED) is 0.558. The van der Waals surface area contributed by atoms with E-state index in [0.717, 1.165) is 42.2 Å². The van der Waals surface area contributed by atoms with E-state index in [1.165, 1.54) is 31.2 Å². The Morgan fingerprint density at radius 1 is 0.903 bits per heavy atom. The number of nitrogens with zero attached hydrogens (tertiary/aromatic N) is 1. The number of nitrogen functional groups attached to an aromatic ring is 2. The minimum absolute atomic E-state index is 0.0818. The first-order chi connectivity index (χ1) is 14.7. The number of ether oxygens (including phenoxy) is 1. The second-order valence-electron chi connectivity index (χ2n) is 9.65. The molecule has 0 unspecified atom stereocenters. The molecule has 1 amide bonds. The molecule has 2 aromatic carbocycles. The van der Waals surface area contributed by atoms with E-state index in [1.807, 2.05) is 51.1 Å². The maximum absolute atomic E-state index is 12.2. The fourth-order valence-corrected chi connectivity index (χ4v) is 4.49. The van der Waals surface area contributed by atoms with Gasteiger partial charge in [0.2, 0.25) is 0 Å². The molecule has 0 aromatic heterocycles. The lowest BCUT2D eigenvalue weighted by Gasteiger charge is -2.29. The average molecular weight is 424 g/mol. The molecule has 1 aliphatic heterocycles. The van der Waals surface area contributed by atoms with Crippen molar-refractivity contribution in [2.75, 3.05) is 18.0 Å². The molecule has 4 N–H and O–H groups in total. The van der Waals surface area contributed by atoms with E-state index in [4.69, 9.17) is 16.2 Å². The summed E-state index contributed by atoms with van der Waals surface area (Å²) in [5.74, 6) is 0.786. The van der Waals surface area contributed by atoms with E-state index < -0.39 is 5.60 Å². The Bertz CT molecular complexity index is 869. The van der Waals surface area contributed by atoms with Crippen molar-refractivity contribution in [2.45, 2.75) is 76.9 Å². The number of rotatable bonds is 2. The van der Waals surface area contributed by atoms with Gasteiger partial charge in [0, 0.05) is 17.9 Å². The maximum atomic E-state index is 12.2. The van der Waals surface area contributed by atoms with Gasteiger partial charge in [-0.05, 0) is 87.8 Å². The largest absolute Gasteiger partial charge is 0.444 e. The normalized spacial score (nSPS) is 19.1. The second kappa shape index (κ2) is 10.1. The molecule has 5 heteroatoms.